The van der Waals surface area contributed by atoms with Crippen molar-refractivity contribution in [2.24, 2.45) is 0 Å². The van der Waals surface area contributed by atoms with Gasteiger partial charge >= 0.3 is 0 Å². The second-order valence-electron chi connectivity index (χ2n) is 5.82. The maximum atomic E-state index is 12.1. The number of carbonyl (C=O) groups excluding carboxylic acids is 1. The minimum absolute atomic E-state index is 0.142. The van der Waals surface area contributed by atoms with Crippen LogP contribution in [0.25, 0.3) is 0 Å². The number of rotatable bonds is 7. The molecular weight excluding hydrogens is 304 g/mol. The number of nitrogens with one attached hydrogen (secondary N) is 1. The summed E-state index contributed by atoms with van der Waals surface area (Å²) < 4.78 is 5.56. The highest BCUT2D eigenvalue weighted by molar-refractivity contribution is 5.80. The molecule has 2 aromatic rings. The Morgan fingerprint density at radius 1 is 1.12 bits per heavy atom. The smallest absolute Gasteiger partial charge is 0.260 e. The van der Waals surface area contributed by atoms with Crippen LogP contribution in [0.3, 0.4) is 0 Å². The molecule has 2 rings (SSSR count). The lowest BCUT2D eigenvalue weighted by molar-refractivity contribution is -0.127. The second-order valence-corrected chi connectivity index (χ2v) is 5.82. The third kappa shape index (κ3) is 4.99. The van der Waals surface area contributed by atoms with Gasteiger partial charge in [0, 0.05) is 26.3 Å². The topological polar surface area (TPSA) is 61.8 Å². The molecule has 0 aromatic heterocycles. The van der Waals surface area contributed by atoms with Gasteiger partial charge in [0.1, 0.15) is 5.75 Å². The largest absolute Gasteiger partial charge is 0.481 e. The Morgan fingerprint density at radius 3 is 2.33 bits per heavy atom. The van der Waals surface area contributed by atoms with Crippen molar-refractivity contribution < 1.29 is 14.6 Å². The molecule has 0 bridgehead atoms. The molecule has 5 heteroatoms. The van der Waals surface area contributed by atoms with Crippen LogP contribution in [0.1, 0.15) is 18.6 Å². The van der Waals surface area contributed by atoms with Gasteiger partial charge in [-0.05, 0) is 36.8 Å². The van der Waals surface area contributed by atoms with E-state index in [4.69, 9.17) is 4.74 Å². The summed E-state index contributed by atoms with van der Waals surface area (Å²) in [6.45, 7) is 1.82. The number of para-hydroxylation sites is 1. The van der Waals surface area contributed by atoms with Gasteiger partial charge in [-0.25, -0.2) is 0 Å². The second kappa shape index (κ2) is 8.36. The molecule has 2 aromatic carbocycles. The molecule has 0 radical (unpaired) electrons. The number of hydrogen-bond acceptors (Lipinski definition) is 4. The van der Waals surface area contributed by atoms with Gasteiger partial charge in [-0.3, -0.25) is 4.79 Å². The molecule has 0 saturated carbocycles. The van der Waals surface area contributed by atoms with Gasteiger partial charge in [-0.2, -0.15) is 0 Å². The molecule has 0 fully saturated rings. The third-order valence-corrected chi connectivity index (χ3v) is 3.69. The summed E-state index contributed by atoms with van der Waals surface area (Å²) in [5.74, 6) is 0.378. The SMILES string of the molecule is C[C@@H](Oc1ccccc1)C(=O)NC[C@H](O)c1ccc(N(C)C)cc1. The van der Waals surface area contributed by atoms with Crippen LogP contribution in [-0.2, 0) is 4.79 Å². The third-order valence-electron chi connectivity index (χ3n) is 3.69. The van der Waals surface area contributed by atoms with Crippen molar-refractivity contribution in [1.29, 1.82) is 0 Å². The molecule has 128 valence electrons. The minimum Gasteiger partial charge on any atom is -0.481 e. The zero-order chi connectivity index (χ0) is 17.5. The minimum atomic E-state index is -0.755. The Bertz CT molecular complexity index is 641. The summed E-state index contributed by atoms with van der Waals surface area (Å²) in [5, 5.41) is 12.9. The fourth-order valence-corrected chi connectivity index (χ4v) is 2.21. The van der Waals surface area contributed by atoms with Crippen molar-refractivity contribution in [2.45, 2.75) is 19.1 Å². The first-order valence-corrected chi connectivity index (χ1v) is 7.92. The first-order chi connectivity index (χ1) is 11.5. The van der Waals surface area contributed by atoms with Crippen molar-refractivity contribution >= 4 is 11.6 Å². The summed E-state index contributed by atoms with van der Waals surface area (Å²) in [7, 11) is 3.92. The van der Waals surface area contributed by atoms with Crippen LogP contribution in [0, 0.1) is 0 Å². The number of aliphatic hydroxyl groups excluding tert-OH is 1. The molecule has 0 spiro atoms. The molecule has 0 unspecified atom stereocenters. The molecule has 0 aliphatic rings. The van der Waals surface area contributed by atoms with Crippen molar-refractivity contribution in [3.05, 3.63) is 60.2 Å². The van der Waals surface area contributed by atoms with E-state index in [1.54, 1.807) is 19.1 Å². The predicted octanol–water partition coefficient (Wildman–Crippen LogP) is 2.37. The van der Waals surface area contributed by atoms with E-state index >= 15 is 0 Å². The molecule has 1 amide bonds. The van der Waals surface area contributed by atoms with Gasteiger partial charge in [0.15, 0.2) is 6.10 Å². The Morgan fingerprint density at radius 2 is 1.75 bits per heavy atom. The number of amides is 1. The summed E-state index contributed by atoms with van der Waals surface area (Å²) in [6, 6.07) is 16.8. The number of nitrogens with zero attached hydrogens (tertiary/aromatic N) is 1. The van der Waals surface area contributed by atoms with Crippen LogP contribution >= 0.6 is 0 Å². The van der Waals surface area contributed by atoms with Crippen LogP contribution in [-0.4, -0.2) is 37.8 Å². The van der Waals surface area contributed by atoms with E-state index in [-0.39, 0.29) is 12.5 Å². The molecule has 0 heterocycles. The maximum Gasteiger partial charge on any atom is 0.260 e. The zero-order valence-corrected chi connectivity index (χ0v) is 14.3. The first-order valence-electron chi connectivity index (χ1n) is 7.92. The summed E-state index contributed by atoms with van der Waals surface area (Å²) >= 11 is 0. The van der Waals surface area contributed by atoms with E-state index in [1.165, 1.54) is 0 Å². The summed E-state index contributed by atoms with van der Waals surface area (Å²) in [6.07, 6.45) is -1.38. The highest BCUT2D eigenvalue weighted by atomic mass is 16.5. The Hall–Kier alpha value is -2.53. The molecule has 5 nitrogen and oxygen atoms in total. The van der Waals surface area contributed by atoms with Gasteiger partial charge in [0.25, 0.3) is 5.91 Å². The Kier molecular flexibility index (Phi) is 6.21. The van der Waals surface area contributed by atoms with Crippen LogP contribution in [0.4, 0.5) is 5.69 Å². The number of aliphatic hydroxyl groups is 1. The molecule has 2 N–H and O–H groups in total. The van der Waals surface area contributed by atoms with Gasteiger partial charge in [-0.1, -0.05) is 30.3 Å². The molecule has 24 heavy (non-hydrogen) atoms. The van der Waals surface area contributed by atoms with Crippen LogP contribution < -0.4 is 15.0 Å². The lowest BCUT2D eigenvalue weighted by atomic mass is 10.1. The number of carbonyl (C=O) groups is 1. The standard InChI is InChI=1S/C19H24N2O3/c1-14(24-17-7-5-4-6-8-17)19(23)20-13-18(22)15-9-11-16(12-10-15)21(2)3/h4-12,14,18,22H,13H2,1-3H3,(H,20,23)/t14-,18+/m1/s1. The fourth-order valence-electron chi connectivity index (χ4n) is 2.21. The summed E-state index contributed by atoms with van der Waals surface area (Å²) in [5.41, 5.74) is 1.82. The van der Waals surface area contributed by atoms with E-state index in [0.717, 1.165) is 11.3 Å². The van der Waals surface area contributed by atoms with Crippen molar-refractivity contribution in [2.75, 3.05) is 25.5 Å². The quantitative estimate of drug-likeness (QED) is 0.819. The Balaban J connectivity index is 1.84. The van der Waals surface area contributed by atoms with Gasteiger partial charge in [0.2, 0.25) is 0 Å². The predicted molar refractivity (Wildman–Crippen MR) is 95.3 cm³/mol. The van der Waals surface area contributed by atoms with Crippen molar-refractivity contribution in [1.82, 2.24) is 5.32 Å². The van der Waals surface area contributed by atoms with Gasteiger partial charge in [0.05, 0.1) is 6.10 Å². The van der Waals surface area contributed by atoms with Crippen LogP contribution in [0.5, 0.6) is 5.75 Å². The monoisotopic (exact) mass is 328 g/mol. The molecule has 0 aliphatic heterocycles. The molecule has 2 atom stereocenters. The first kappa shape index (κ1) is 17.8. The average molecular weight is 328 g/mol. The zero-order valence-electron chi connectivity index (χ0n) is 14.3. The van der Waals surface area contributed by atoms with Crippen molar-refractivity contribution in [3.63, 3.8) is 0 Å². The van der Waals surface area contributed by atoms with Crippen molar-refractivity contribution in [3.8, 4) is 5.75 Å². The van der Waals surface area contributed by atoms with Crippen LogP contribution in [0.15, 0.2) is 54.6 Å². The highest BCUT2D eigenvalue weighted by Crippen LogP contribution is 2.17. The van der Waals surface area contributed by atoms with Gasteiger partial charge < -0.3 is 20.1 Å². The number of ether oxygens (including phenoxy) is 1. The van der Waals surface area contributed by atoms with E-state index in [1.807, 2.05) is 61.5 Å². The highest BCUT2D eigenvalue weighted by Gasteiger charge is 2.16. The number of hydrogen-bond donors (Lipinski definition) is 2. The van der Waals surface area contributed by atoms with E-state index in [2.05, 4.69) is 5.32 Å². The van der Waals surface area contributed by atoms with Gasteiger partial charge in [-0.15, -0.1) is 0 Å². The Labute approximate surface area is 142 Å². The average Bonchev–Trinajstić information content (AvgIpc) is 2.60. The summed E-state index contributed by atoms with van der Waals surface area (Å²) in [4.78, 5) is 14.1. The normalized spacial score (nSPS) is 13.0. The molecular formula is C19H24N2O3. The van der Waals surface area contributed by atoms with E-state index in [9.17, 15) is 9.90 Å². The number of anilines is 1. The number of benzene rings is 2. The lowest BCUT2D eigenvalue weighted by Crippen LogP contribution is -2.38. The van der Waals surface area contributed by atoms with E-state index < -0.39 is 12.2 Å². The fraction of sp³-hybridized carbons (Fsp3) is 0.316. The molecule has 0 saturated heterocycles. The molecule has 0 aliphatic carbocycles. The van der Waals surface area contributed by atoms with Crippen LogP contribution in [0.2, 0.25) is 0 Å². The van der Waals surface area contributed by atoms with E-state index in [0.29, 0.717) is 5.75 Å². The maximum absolute atomic E-state index is 12.1. The lowest BCUT2D eigenvalue weighted by Gasteiger charge is -2.18.